The molecular formula is C23H27N3O3. The minimum absolute atomic E-state index is 0.0194. The minimum atomic E-state index is -0.365. The Morgan fingerprint density at radius 2 is 1.79 bits per heavy atom. The van der Waals surface area contributed by atoms with Crippen LogP contribution in [-0.2, 0) is 20.7 Å². The highest BCUT2D eigenvalue weighted by atomic mass is 16.5. The second-order valence-corrected chi connectivity index (χ2v) is 7.62. The number of pyridine rings is 1. The highest BCUT2D eigenvalue weighted by molar-refractivity contribution is 5.91. The number of rotatable bonds is 5. The molecule has 2 atom stereocenters. The molecule has 2 amide bonds. The zero-order valence-corrected chi connectivity index (χ0v) is 16.6. The molecule has 2 aromatic rings. The number of benzene rings is 1. The van der Waals surface area contributed by atoms with Gasteiger partial charge in [-0.05, 0) is 30.5 Å². The van der Waals surface area contributed by atoms with Crippen LogP contribution in [0, 0.1) is 0 Å². The molecule has 0 aliphatic carbocycles. The maximum absolute atomic E-state index is 13.7. The third kappa shape index (κ3) is 4.48. The molecule has 6 nitrogen and oxygen atoms in total. The van der Waals surface area contributed by atoms with E-state index in [2.05, 4.69) is 4.98 Å². The first-order chi connectivity index (χ1) is 14.2. The van der Waals surface area contributed by atoms with Gasteiger partial charge in [0.15, 0.2) is 0 Å². The predicted molar refractivity (Wildman–Crippen MR) is 109 cm³/mol. The summed E-state index contributed by atoms with van der Waals surface area (Å²) in [4.78, 5) is 34.8. The molecule has 29 heavy (non-hydrogen) atoms. The van der Waals surface area contributed by atoms with Gasteiger partial charge in [0.25, 0.3) is 0 Å². The number of ether oxygens (including phenoxy) is 1. The van der Waals surface area contributed by atoms with E-state index < -0.39 is 0 Å². The van der Waals surface area contributed by atoms with Crippen molar-refractivity contribution in [3.05, 3.63) is 66.0 Å². The van der Waals surface area contributed by atoms with Crippen molar-refractivity contribution in [3.8, 4) is 0 Å². The molecular weight excluding hydrogens is 366 g/mol. The van der Waals surface area contributed by atoms with Gasteiger partial charge in [0.05, 0.1) is 19.1 Å². The van der Waals surface area contributed by atoms with E-state index >= 15 is 0 Å². The summed E-state index contributed by atoms with van der Waals surface area (Å²) in [5, 5.41) is 0. The first kappa shape index (κ1) is 19.6. The summed E-state index contributed by atoms with van der Waals surface area (Å²) in [6.07, 6.45) is 3.87. The maximum Gasteiger partial charge on any atom is 0.245 e. The van der Waals surface area contributed by atoms with E-state index in [0.717, 1.165) is 24.1 Å². The van der Waals surface area contributed by atoms with E-state index in [-0.39, 0.29) is 23.8 Å². The zero-order chi connectivity index (χ0) is 20.1. The fourth-order valence-electron chi connectivity index (χ4n) is 4.24. The normalized spacial score (nSPS) is 20.5. The number of hydrogen-bond donors (Lipinski definition) is 0. The monoisotopic (exact) mass is 393 g/mol. The average Bonchev–Trinajstić information content (AvgIpc) is 3.28. The number of morpholine rings is 1. The molecule has 1 aromatic heterocycles. The Labute approximate surface area is 171 Å². The van der Waals surface area contributed by atoms with Crippen molar-refractivity contribution in [1.29, 1.82) is 0 Å². The Kier molecular flexibility index (Phi) is 6.20. The summed E-state index contributed by atoms with van der Waals surface area (Å²) in [6.45, 7) is 2.98. The van der Waals surface area contributed by atoms with Crippen LogP contribution in [-0.4, -0.2) is 65.5 Å². The summed E-state index contributed by atoms with van der Waals surface area (Å²) < 4.78 is 5.37. The van der Waals surface area contributed by atoms with Gasteiger partial charge in [-0.15, -0.1) is 0 Å². The van der Waals surface area contributed by atoms with E-state index in [4.69, 9.17) is 4.74 Å². The summed E-state index contributed by atoms with van der Waals surface area (Å²) >= 11 is 0. The van der Waals surface area contributed by atoms with Crippen LogP contribution < -0.4 is 0 Å². The van der Waals surface area contributed by atoms with Crippen LogP contribution in [0.15, 0.2) is 54.7 Å². The standard InChI is InChI=1S/C23H27N3O3/c27-22(26-12-6-10-21(26)23(28)25-13-15-29-16-14-25)20(18-7-2-1-3-8-18)17-19-9-4-5-11-24-19/h1-5,7-9,11,20-21H,6,10,12-17H2. The quantitative estimate of drug-likeness (QED) is 0.782. The molecule has 2 aliphatic rings. The maximum atomic E-state index is 13.7. The van der Waals surface area contributed by atoms with Crippen molar-refractivity contribution in [2.45, 2.75) is 31.2 Å². The second kappa shape index (κ2) is 9.18. The number of carbonyl (C=O) groups excluding carboxylic acids is 2. The number of nitrogens with zero attached hydrogens (tertiary/aromatic N) is 3. The second-order valence-electron chi connectivity index (χ2n) is 7.62. The molecule has 2 unspecified atom stereocenters. The highest BCUT2D eigenvalue weighted by Gasteiger charge is 2.39. The molecule has 3 heterocycles. The molecule has 2 fully saturated rings. The minimum Gasteiger partial charge on any atom is -0.378 e. The van der Waals surface area contributed by atoms with Crippen LogP contribution in [0.1, 0.15) is 30.0 Å². The Bertz CT molecular complexity index is 822. The molecule has 0 bridgehead atoms. The molecule has 2 saturated heterocycles. The molecule has 0 N–H and O–H groups in total. The Balaban J connectivity index is 1.56. The van der Waals surface area contributed by atoms with E-state index in [0.29, 0.717) is 39.3 Å². The summed E-state index contributed by atoms with van der Waals surface area (Å²) in [5.41, 5.74) is 1.84. The van der Waals surface area contributed by atoms with E-state index in [1.807, 2.05) is 53.4 Å². The van der Waals surface area contributed by atoms with Crippen LogP contribution in [0.5, 0.6) is 0 Å². The van der Waals surface area contributed by atoms with Crippen molar-refractivity contribution in [2.24, 2.45) is 0 Å². The molecule has 0 spiro atoms. The van der Waals surface area contributed by atoms with E-state index in [9.17, 15) is 9.59 Å². The Morgan fingerprint density at radius 3 is 2.52 bits per heavy atom. The molecule has 152 valence electrons. The Hall–Kier alpha value is -2.73. The van der Waals surface area contributed by atoms with Gasteiger partial charge < -0.3 is 14.5 Å². The average molecular weight is 393 g/mol. The molecule has 0 radical (unpaired) electrons. The molecule has 6 heteroatoms. The number of amides is 2. The lowest BCUT2D eigenvalue weighted by molar-refractivity contribution is -0.147. The summed E-state index contributed by atoms with van der Waals surface area (Å²) in [7, 11) is 0. The fraction of sp³-hybridized carbons (Fsp3) is 0.435. The molecule has 2 aliphatic heterocycles. The molecule has 1 aromatic carbocycles. The van der Waals surface area contributed by atoms with Gasteiger partial charge in [0, 0.05) is 37.9 Å². The molecule has 0 saturated carbocycles. The fourth-order valence-corrected chi connectivity index (χ4v) is 4.24. The zero-order valence-electron chi connectivity index (χ0n) is 16.6. The number of carbonyl (C=O) groups is 2. The Morgan fingerprint density at radius 1 is 1.03 bits per heavy atom. The van der Waals surface area contributed by atoms with Crippen molar-refractivity contribution in [3.63, 3.8) is 0 Å². The van der Waals surface area contributed by atoms with Crippen LogP contribution in [0.4, 0.5) is 0 Å². The van der Waals surface area contributed by atoms with Crippen molar-refractivity contribution in [2.75, 3.05) is 32.8 Å². The van der Waals surface area contributed by atoms with Crippen molar-refractivity contribution < 1.29 is 14.3 Å². The van der Waals surface area contributed by atoms with Crippen LogP contribution in [0.3, 0.4) is 0 Å². The van der Waals surface area contributed by atoms with E-state index in [1.54, 1.807) is 11.1 Å². The van der Waals surface area contributed by atoms with Crippen molar-refractivity contribution >= 4 is 11.8 Å². The van der Waals surface area contributed by atoms with Gasteiger partial charge >= 0.3 is 0 Å². The SMILES string of the molecule is O=C(C1CCCN1C(=O)C(Cc1ccccn1)c1ccccc1)N1CCOCC1. The van der Waals surface area contributed by atoms with Gasteiger partial charge in [-0.25, -0.2) is 0 Å². The number of aromatic nitrogens is 1. The first-order valence-corrected chi connectivity index (χ1v) is 10.4. The predicted octanol–water partition coefficient (Wildman–Crippen LogP) is 2.26. The van der Waals surface area contributed by atoms with E-state index in [1.165, 1.54) is 0 Å². The lowest BCUT2D eigenvalue weighted by Gasteiger charge is -2.34. The van der Waals surface area contributed by atoms with Crippen molar-refractivity contribution in [1.82, 2.24) is 14.8 Å². The van der Waals surface area contributed by atoms with Gasteiger partial charge in [-0.3, -0.25) is 14.6 Å². The van der Waals surface area contributed by atoms with Crippen LogP contribution >= 0.6 is 0 Å². The van der Waals surface area contributed by atoms with Crippen LogP contribution in [0.25, 0.3) is 0 Å². The lowest BCUT2D eigenvalue weighted by atomic mass is 9.92. The third-order valence-electron chi connectivity index (χ3n) is 5.78. The smallest absolute Gasteiger partial charge is 0.245 e. The third-order valence-corrected chi connectivity index (χ3v) is 5.78. The summed E-state index contributed by atoms with van der Waals surface area (Å²) in [6, 6.07) is 15.2. The van der Waals surface area contributed by atoms with Gasteiger partial charge in [0.2, 0.25) is 11.8 Å². The number of likely N-dealkylation sites (tertiary alicyclic amines) is 1. The highest BCUT2D eigenvalue weighted by Crippen LogP contribution is 2.28. The first-order valence-electron chi connectivity index (χ1n) is 10.4. The largest absolute Gasteiger partial charge is 0.378 e. The van der Waals surface area contributed by atoms with Gasteiger partial charge in [-0.2, -0.15) is 0 Å². The van der Waals surface area contributed by atoms with Gasteiger partial charge in [-0.1, -0.05) is 36.4 Å². The lowest BCUT2D eigenvalue weighted by Crippen LogP contribution is -2.52. The number of hydrogen-bond acceptors (Lipinski definition) is 4. The molecule has 4 rings (SSSR count). The van der Waals surface area contributed by atoms with Crippen LogP contribution in [0.2, 0.25) is 0 Å². The topological polar surface area (TPSA) is 62.7 Å². The summed E-state index contributed by atoms with van der Waals surface area (Å²) in [5.74, 6) is -0.265. The van der Waals surface area contributed by atoms with Gasteiger partial charge in [0.1, 0.15) is 6.04 Å².